The molecule has 0 radical (unpaired) electrons. The molecule has 39 heavy (non-hydrogen) atoms. The third-order valence-electron chi connectivity index (χ3n) is 7.20. The fourth-order valence-corrected chi connectivity index (χ4v) is 5.29. The van der Waals surface area contributed by atoms with Crippen molar-refractivity contribution in [2.75, 3.05) is 21.3 Å². The lowest BCUT2D eigenvalue weighted by atomic mass is 9.84. The van der Waals surface area contributed by atoms with Gasteiger partial charge in [-0.15, -0.1) is 0 Å². The monoisotopic (exact) mass is 527 g/mol. The normalized spacial score (nSPS) is 17.0. The van der Waals surface area contributed by atoms with Gasteiger partial charge in [0.2, 0.25) is 11.5 Å². The third kappa shape index (κ3) is 3.85. The predicted octanol–water partition coefficient (Wildman–Crippen LogP) is 4.97. The first-order chi connectivity index (χ1) is 18.8. The second-order valence-electron chi connectivity index (χ2n) is 9.38. The van der Waals surface area contributed by atoms with Crippen LogP contribution in [0.3, 0.4) is 0 Å². The van der Waals surface area contributed by atoms with Crippen LogP contribution < -0.4 is 23.7 Å². The van der Waals surface area contributed by atoms with Crippen LogP contribution in [0.2, 0.25) is 0 Å². The molecule has 4 aromatic rings. The first kappa shape index (κ1) is 24.4. The van der Waals surface area contributed by atoms with Crippen molar-refractivity contribution in [3.63, 3.8) is 0 Å². The maximum absolute atomic E-state index is 13.5. The van der Waals surface area contributed by atoms with E-state index in [1.165, 1.54) is 14.2 Å². The minimum Gasteiger partial charge on any atom is -0.502 e. The van der Waals surface area contributed by atoms with Gasteiger partial charge in [0.05, 0.1) is 33.3 Å². The van der Waals surface area contributed by atoms with E-state index in [9.17, 15) is 14.7 Å². The van der Waals surface area contributed by atoms with Crippen LogP contribution in [0.4, 0.5) is 0 Å². The SMILES string of the molecule is COc1ccc2c(c1)c(/C=C1\Oc3c(ccc4c3C(c3cc(OC)c(O)c(OC)c3)CC(=O)O4)C1=O)cn2C. The number of aromatic nitrogens is 1. The Hall–Kier alpha value is -4.92. The standard InChI is InChI=1S/C30H25NO8/c1-31-14-16(19-12-17(35-2)5-7-21(19)31)11-25-28(33)18-6-8-22-27(30(18)39-25)20(13-26(32)38-22)15-9-23(36-3)29(34)24(10-15)37-4/h5-12,14,20,34H,13H2,1-4H3/b25-11-. The smallest absolute Gasteiger partial charge is 0.312 e. The minimum absolute atomic E-state index is 0.000251. The quantitative estimate of drug-likeness (QED) is 0.220. The number of ketones is 1. The topological polar surface area (TPSA) is 105 Å². The van der Waals surface area contributed by atoms with Crippen molar-refractivity contribution in [1.29, 1.82) is 0 Å². The number of fused-ring (bicyclic) bond motifs is 4. The average Bonchev–Trinajstić information content (AvgIpc) is 3.43. The van der Waals surface area contributed by atoms with Gasteiger partial charge in [0, 0.05) is 41.2 Å². The van der Waals surface area contributed by atoms with Gasteiger partial charge in [0.1, 0.15) is 17.2 Å². The molecule has 0 amide bonds. The number of carbonyl (C=O) groups is 2. The van der Waals surface area contributed by atoms with Crippen LogP contribution in [-0.4, -0.2) is 42.8 Å². The maximum atomic E-state index is 13.5. The number of aromatic hydroxyl groups is 1. The second-order valence-corrected chi connectivity index (χ2v) is 9.38. The van der Waals surface area contributed by atoms with E-state index in [1.54, 1.807) is 37.5 Å². The Morgan fingerprint density at radius 2 is 1.72 bits per heavy atom. The lowest BCUT2D eigenvalue weighted by Gasteiger charge is -2.27. The molecule has 0 fully saturated rings. The number of carbonyl (C=O) groups excluding carboxylic acids is 2. The van der Waals surface area contributed by atoms with Crippen LogP contribution in [0.5, 0.6) is 34.5 Å². The zero-order valence-electron chi connectivity index (χ0n) is 21.7. The number of benzene rings is 3. The molecular formula is C30H25NO8. The highest BCUT2D eigenvalue weighted by Crippen LogP contribution is 2.51. The van der Waals surface area contributed by atoms with Crippen molar-refractivity contribution >= 4 is 28.7 Å². The molecule has 0 spiro atoms. The molecule has 6 rings (SSSR count). The van der Waals surface area contributed by atoms with Gasteiger partial charge in [-0.05, 0) is 54.1 Å². The van der Waals surface area contributed by atoms with Crippen molar-refractivity contribution in [3.05, 3.63) is 76.7 Å². The Morgan fingerprint density at radius 3 is 2.41 bits per heavy atom. The van der Waals surface area contributed by atoms with Gasteiger partial charge in [0.15, 0.2) is 17.3 Å². The maximum Gasteiger partial charge on any atom is 0.312 e. The van der Waals surface area contributed by atoms with Gasteiger partial charge < -0.3 is 33.4 Å². The number of ether oxygens (including phenoxy) is 5. The number of esters is 1. The Morgan fingerprint density at radius 1 is 0.974 bits per heavy atom. The molecule has 198 valence electrons. The van der Waals surface area contributed by atoms with Crippen molar-refractivity contribution in [2.24, 2.45) is 7.05 Å². The third-order valence-corrected chi connectivity index (χ3v) is 7.20. The number of allylic oxidation sites excluding steroid dienone is 1. The molecule has 2 aliphatic heterocycles. The highest BCUT2D eigenvalue weighted by atomic mass is 16.5. The van der Waals surface area contributed by atoms with Gasteiger partial charge in [-0.2, -0.15) is 0 Å². The van der Waals surface area contributed by atoms with Crippen molar-refractivity contribution in [2.45, 2.75) is 12.3 Å². The molecule has 9 nitrogen and oxygen atoms in total. The van der Waals surface area contributed by atoms with E-state index < -0.39 is 11.9 Å². The number of hydrogen-bond donors (Lipinski definition) is 1. The first-order valence-electron chi connectivity index (χ1n) is 12.2. The second kappa shape index (κ2) is 9.13. The fourth-order valence-electron chi connectivity index (χ4n) is 5.29. The number of nitrogens with zero attached hydrogens (tertiary/aromatic N) is 1. The molecular weight excluding hydrogens is 502 g/mol. The molecule has 0 aliphatic carbocycles. The number of phenolic OH excluding ortho intramolecular Hbond substituents is 1. The molecule has 9 heteroatoms. The van der Waals surface area contributed by atoms with E-state index in [0.717, 1.165) is 16.5 Å². The van der Waals surface area contributed by atoms with Gasteiger partial charge in [-0.3, -0.25) is 9.59 Å². The molecule has 1 atom stereocenters. The summed E-state index contributed by atoms with van der Waals surface area (Å²) < 4.78 is 29.8. The van der Waals surface area contributed by atoms with E-state index in [4.69, 9.17) is 23.7 Å². The van der Waals surface area contributed by atoms with Gasteiger partial charge in [0.25, 0.3) is 0 Å². The number of Topliss-reactive ketones (excluding diaryl/α,β-unsaturated/α-hetero) is 1. The summed E-state index contributed by atoms with van der Waals surface area (Å²) in [6.45, 7) is 0. The van der Waals surface area contributed by atoms with Crippen molar-refractivity contribution in [3.8, 4) is 34.5 Å². The average molecular weight is 528 g/mol. The van der Waals surface area contributed by atoms with Crippen molar-refractivity contribution < 1.29 is 38.4 Å². The van der Waals surface area contributed by atoms with Crippen LogP contribution >= 0.6 is 0 Å². The van der Waals surface area contributed by atoms with Gasteiger partial charge in [-0.25, -0.2) is 0 Å². The summed E-state index contributed by atoms with van der Waals surface area (Å²) in [6, 6.07) is 12.3. The largest absolute Gasteiger partial charge is 0.502 e. The van der Waals surface area contributed by atoms with Gasteiger partial charge in [-0.1, -0.05) is 0 Å². The molecule has 0 saturated carbocycles. The zero-order chi connectivity index (χ0) is 27.4. The molecule has 1 N–H and O–H groups in total. The highest BCUT2D eigenvalue weighted by Gasteiger charge is 2.39. The Kier molecular flexibility index (Phi) is 5.71. The summed E-state index contributed by atoms with van der Waals surface area (Å²) in [7, 11) is 6.40. The van der Waals surface area contributed by atoms with E-state index in [2.05, 4.69) is 0 Å². The molecule has 1 unspecified atom stereocenters. The number of rotatable bonds is 5. The summed E-state index contributed by atoms with van der Waals surface area (Å²) in [5.74, 6) is 0.516. The van der Waals surface area contributed by atoms with Crippen LogP contribution in [0.15, 0.2) is 54.4 Å². The van der Waals surface area contributed by atoms with Crippen LogP contribution in [-0.2, 0) is 11.8 Å². The number of phenols is 1. The zero-order valence-corrected chi connectivity index (χ0v) is 21.7. The lowest BCUT2D eigenvalue weighted by Crippen LogP contribution is -2.21. The molecule has 0 bridgehead atoms. The Balaban J connectivity index is 1.47. The number of methoxy groups -OCH3 is 3. The molecule has 0 saturated heterocycles. The Bertz CT molecular complexity index is 1690. The summed E-state index contributed by atoms with van der Waals surface area (Å²) >= 11 is 0. The van der Waals surface area contributed by atoms with Crippen LogP contribution in [0, 0.1) is 0 Å². The van der Waals surface area contributed by atoms with Crippen molar-refractivity contribution in [1.82, 2.24) is 4.57 Å². The molecule has 3 aromatic carbocycles. The molecule has 1 aromatic heterocycles. The lowest BCUT2D eigenvalue weighted by molar-refractivity contribution is -0.135. The van der Waals surface area contributed by atoms with Crippen LogP contribution in [0.25, 0.3) is 17.0 Å². The number of hydrogen-bond acceptors (Lipinski definition) is 8. The summed E-state index contributed by atoms with van der Waals surface area (Å²) in [6.07, 6.45) is 3.64. The van der Waals surface area contributed by atoms with E-state index in [1.807, 2.05) is 36.0 Å². The summed E-state index contributed by atoms with van der Waals surface area (Å²) in [5.41, 5.74) is 3.36. The van der Waals surface area contributed by atoms with E-state index >= 15 is 0 Å². The first-order valence-corrected chi connectivity index (χ1v) is 12.2. The highest BCUT2D eigenvalue weighted by molar-refractivity contribution is 6.15. The molecule has 3 heterocycles. The minimum atomic E-state index is -0.534. The Labute approximate surface area is 223 Å². The van der Waals surface area contributed by atoms with Crippen LogP contribution in [0.1, 0.15) is 39.4 Å². The fraction of sp³-hybridized carbons (Fsp3) is 0.200. The van der Waals surface area contributed by atoms with E-state index in [0.29, 0.717) is 33.9 Å². The predicted molar refractivity (Wildman–Crippen MR) is 142 cm³/mol. The summed E-state index contributed by atoms with van der Waals surface area (Å²) in [4.78, 5) is 26.1. The molecule has 2 aliphatic rings. The van der Waals surface area contributed by atoms with E-state index in [-0.39, 0.29) is 35.2 Å². The van der Waals surface area contributed by atoms with Gasteiger partial charge >= 0.3 is 5.97 Å². The number of aryl methyl sites for hydroxylation is 1. The summed E-state index contributed by atoms with van der Waals surface area (Å²) in [5, 5.41) is 11.3.